The number of aliphatic hydroxyl groups excluding tert-OH is 3. The maximum atomic E-state index is 10.7. The molecule has 0 radical (unpaired) electrons. The molecule has 8 nitrogen and oxygen atoms in total. The van der Waals surface area contributed by atoms with Gasteiger partial charge in [0.05, 0.1) is 28.6 Å². The lowest BCUT2D eigenvalue weighted by Gasteiger charge is -2.25. The number of aliphatic hydroxyl groups is 3. The number of rotatable bonds is 8. The molecule has 1 aliphatic rings. The first-order chi connectivity index (χ1) is 17.9. The largest absolute Gasteiger partial charge is 0.396 e. The first kappa shape index (κ1) is 25.5. The fourth-order valence-electron chi connectivity index (χ4n) is 5.20. The highest BCUT2D eigenvalue weighted by Crippen LogP contribution is 2.41. The van der Waals surface area contributed by atoms with Crippen molar-refractivity contribution in [3.05, 3.63) is 65.5 Å². The Hall–Kier alpha value is -3.11. The van der Waals surface area contributed by atoms with Crippen LogP contribution in [-0.2, 0) is 6.42 Å². The zero-order valence-corrected chi connectivity index (χ0v) is 22.0. The van der Waals surface area contributed by atoms with Crippen molar-refractivity contribution in [1.29, 1.82) is 0 Å². The smallest absolute Gasteiger partial charge is 0.139 e. The molecule has 0 spiro atoms. The number of nitrogens with one attached hydrogen (secondary N) is 2. The van der Waals surface area contributed by atoms with E-state index in [4.69, 9.17) is 9.97 Å². The van der Waals surface area contributed by atoms with Crippen LogP contribution < -0.4 is 10.6 Å². The summed E-state index contributed by atoms with van der Waals surface area (Å²) in [4.78, 5) is 14.1. The van der Waals surface area contributed by atoms with E-state index in [-0.39, 0.29) is 12.6 Å². The molecule has 4 aromatic rings. The third-order valence-electron chi connectivity index (χ3n) is 7.34. The highest BCUT2D eigenvalue weighted by atomic mass is 32.1. The minimum atomic E-state index is -1.02. The van der Waals surface area contributed by atoms with Crippen LogP contribution >= 0.6 is 11.3 Å². The van der Waals surface area contributed by atoms with Crippen molar-refractivity contribution >= 4 is 33.2 Å². The van der Waals surface area contributed by atoms with E-state index >= 15 is 0 Å². The van der Waals surface area contributed by atoms with Crippen LogP contribution in [0.1, 0.15) is 43.0 Å². The first-order valence-corrected chi connectivity index (χ1v) is 13.5. The van der Waals surface area contributed by atoms with Crippen LogP contribution in [-0.4, -0.2) is 55.1 Å². The molecule has 1 aromatic carbocycles. The van der Waals surface area contributed by atoms with Gasteiger partial charge in [-0.3, -0.25) is 4.98 Å². The lowest BCUT2D eigenvalue weighted by atomic mass is 10.0. The number of hydrogen-bond acceptors (Lipinski definition) is 9. The van der Waals surface area contributed by atoms with Gasteiger partial charge in [0.25, 0.3) is 0 Å². The molecule has 3 aromatic heterocycles. The molecule has 1 aliphatic carbocycles. The van der Waals surface area contributed by atoms with Crippen molar-refractivity contribution in [2.75, 3.05) is 17.2 Å². The van der Waals surface area contributed by atoms with Gasteiger partial charge >= 0.3 is 0 Å². The third kappa shape index (κ3) is 4.92. The Kier molecular flexibility index (Phi) is 7.39. The number of pyridine rings is 2. The van der Waals surface area contributed by atoms with Crippen LogP contribution in [0, 0.1) is 12.8 Å². The summed E-state index contributed by atoms with van der Waals surface area (Å²) < 4.78 is 1.03. The van der Waals surface area contributed by atoms with Crippen molar-refractivity contribution in [2.45, 2.75) is 57.9 Å². The van der Waals surface area contributed by atoms with Crippen LogP contribution in [0.5, 0.6) is 0 Å². The summed E-state index contributed by atoms with van der Waals surface area (Å²) in [7, 11) is 0. The van der Waals surface area contributed by atoms with Crippen molar-refractivity contribution in [2.24, 2.45) is 5.92 Å². The fraction of sp³-hybridized carbons (Fsp3) is 0.393. The minimum Gasteiger partial charge on any atom is -0.396 e. The number of hydrogen-bond donors (Lipinski definition) is 5. The topological polar surface area (TPSA) is 123 Å². The number of anilines is 2. The molecule has 0 aliphatic heterocycles. The molecule has 5 rings (SSSR count). The van der Waals surface area contributed by atoms with Crippen LogP contribution in [0.25, 0.3) is 20.8 Å². The maximum absolute atomic E-state index is 10.7. The summed E-state index contributed by atoms with van der Waals surface area (Å²) in [5.41, 5.74) is 5.01. The predicted molar refractivity (Wildman–Crippen MR) is 148 cm³/mol. The van der Waals surface area contributed by atoms with E-state index < -0.39 is 24.2 Å². The normalized spacial score (nSPS) is 22.3. The summed E-state index contributed by atoms with van der Waals surface area (Å²) in [6.07, 6.45) is 2.71. The second-order valence-corrected chi connectivity index (χ2v) is 10.7. The van der Waals surface area contributed by atoms with Crippen molar-refractivity contribution in [1.82, 2.24) is 15.0 Å². The lowest BCUT2D eigenvalue weighted by Crippen LogP contribution is -2.35. The SMILES string of the molecule is CCc1c(NC(C)c2ccccc2)nc(NC2CC(CO)C(O)C2O)c(-c2nc3cnccc3s2)c1C. The summed E-state index contributed by atoms with van der Waals surface area (Å²) in [6.45, 7) is 6.12. The monoisotopic (exact) mass is 519 g/mol. The number of aromatic nitrogens is 3. The predicted octanol–water partition coefficient (Wildman–Crippen LogP) is 4.31. The Morgan fingerprint density at radius 1 is 1.08 bits per heavy atom. The Morgan fingerprint density at radius 2 is 1.86 bits per heavy atom. The average Bonchev–Trinajstić information content (AvgIpc) is 3.45. The number of thiazole rings is 1. The summed E-state index contributed by atoms with van der Waals surface area (Å²) >= 11 is 1.58. The Labute approximate surface area is 220 Å². The van der Waals surface area contributed by atoms with Gasteiger partial charge in [-0.1, -0.05) is 37.3 Å². The molecule has 5 unspecified atom stereocenters. The minimum absolute atomic E-state index is 0.0308. The van der Waals surface area contributed by atoms with Crippen molar-refractivity contribution < 1.29 is 15.3 Å². The molecule has 1 saturated carbocycles. The van der Waals surface area contributed by atoms with Gasteiger partial charge in [-0.05, 0) is 49.4 Å². The fourth-order valence-corrected chi connectivity index (χ4v) is 6.24. The van der Waals surface area contributed by atoms with Crippen LogP contribution in [0.2, 0.25) is 0 Å². The molecular formula is C28H33N5O3S. The Balaban J connectivity index is 1.61. The van der Waals surface area contributed by atoms with E-state index in [0.29, 0.717) is 12.2 Å². The Morgan fingerprint density at radius 3 is 2.54 bits per heavy atom. The van der Waals surface area contributed by atoms with Gasteiger partial charge in [-0.15, -0.1) is 11.3 Å². The van der Waals surface area contributed by atoms with E-state index in [9.17, 15) is 15.3 Å². The molecule has 5 atom stereocenters. The van der Waals surface area contributed by atoms with Crippen molar-refractivity contribution in [3.8, 4) is 10.6 Å². The summed E-state index contributed by atoms with van der Waals surface area (Å²) in [5, 5.41) is 38.7. The molecule has 37 heavy (non-hydrogen) atoms. The van der Waals surface area contributed by atoms with E-state index in [2.05, 4.69) is 48.5 Å². The van der Waals surface area contributed by atoms with Gasteiger partial charge < -0.3 is 26.0 Å². The zero-order chi connectivity index (χ0) is 26.1. The van der Waals surface area contributed by atoms with Gasteiger partial charge in [-0.2, -0.15) is 0 Å². The van der Waals surface area contributed by atoms with Gasteiger partial charge in [0.1, 0.15) is 28.3 Å². The molecule has 1 fully saturated rings. The molecule has 0 amide bonds. The van der Waals surface area contributed by atoms with Crippen LogP contribution in [0.15, 0.2) is 48.8 Å². The second-order valence-electron chi connectivity index (χ2n) is 9.69. The van der Waals surface area contributed by atoms with Gasteiger partial charge in [0.15, 0.2) is 0 Å². The standard InChI is InChI=1S/C28H33N5O3S/c1-4-19-15(2)23(28-32-21-13-29-11-10-22(21)37-28)27(31-20-12-18(14-34)24(35)25(20)36)33-26(19)30-16(3)17-8-6-5-7-9-17/h5-11,13,16,18,20,24-25,34-36H,4,12,14H2,1-3H3,(H2,30,31,33). The summed E-state index contributed by atoms with van der Waals surface area (Å²) in [6, 6.07) is 11.7. The van der Waals surface area contributed by atoms with Gasteiger partial charge in [0.2, 0.25) is 0 Å². The van der Waals surface area contributed by atoms with Crippen molar-refractivity contribution in [3.63, 3.8) is 0 Å². The molecule has 0 bridgehead atoms. The third-order valence-corrected chi connectivity index (χ3v) is 8.40. The quantitative estimate of drug-likeness (QED) is 0.233. The molecule has 194 valence electrons. The zero-order valence-electron chi connectivity index (χ0n) is 21.2. The lowest BCUT2D eigenvalue weighted by molar-refractivity contribution is 0.00446. The van der Waals surface area contributed by atoms with Crippen LogP contribution in [0.3, 0.4) is 0 Å². The van der Waals surface area contributed by atoms with Gasteiger partial charge in [-0.25, -0.2) is 9.97 Å². The molecular weight excluding hydrogens is 486 g/mol. The van der Waals surface area contributed by atoms with Crippen LogP contribution in [0.4, 0.5) is 11.6 Å². The number of benzene rings is 1. The van der Waals surface area contributed by atoms with E-state index in [1.807, 2.05) is 24.3 Å². The highest BCUT2D eigenvalue weighted by molar-refractivity contribution is 7.21. The molecule has 0 saturated heterocycles. The Bertz CT molecular complexity index is 1350. The second kappa shape index (κ2) is 10.7. The first-order valence-electron chi connectivity index (χ1n) is 12.7. The van der Waals surface area contributed by atoms with Gasteiger partial charge in [0, 0.05) is 24.8 Å². The van der Waals surface area contributed by atoms with E-state index in [1.54, 1.807) is 23.7 Å². The maximum Gasteiger partial charge on any atom is 0.139 e. The molecule has 9 heteroatoms. The number of fused-ring (bicyclic) bond motifs is 1. The summed E-state index contributed by atoms with van der Waals surface area (Å²) in [5.74, 6) is 0.979. The highest BCUT2D eigenvalue weighted by Gasteiger charge is 2.41. The number of nitrogens with zero attached hydrogens (tertiary/aromatic N) is 3. The molecule has 5 N–H and O–H groups in total. The average molecular weight is 520 g/mol. The van der Waals surface area contributed by atoms with E-state index in [0.717, 1.165) is 49.7 Å². The molecule has 3 heterocycles. The van der Waals surface area contributed by atoms with E-state index in [1.165, 1.54) is 0 Å².